The maximum absolute atomic E-state index is 11.9. The van der Waals surface area contributed by atoms with Gasteiger partial charge in [0.15, 0.2) is 0 Å². The molecule has 0 bridgehead atoms. The molecule has 0 radical (unpaired) electrons. The minimum atomic E-state index is -3.46. The van der Waals surface area contributed by atoms with Gasteiger partial charge in [0.1, 0.15) is 5.75 Å². The quantitative estimate of drug-likeness (QED) is 0.800. The number of hydrogen-bond donors (Lipinski definition) is 1. The lowest BCUT2D eigenvalue weighted by Crippen LogP contribution is -2.23. The number of methoxy groups -OCH3 is 1. The van der Waals surface area contributed by atoms with Crippen LogP contribution in [0.4, 0.5) is 5.69 Å². The van der Waals surface area contributed by atoms with Crippen LogP contribution in [0.1, 0.15) is 5.56 Å². The zero-order chi connectivity index (χ0) is 12.5. The first-order valence-electron chi connectivity index (χ1n) is 4.67. The Labute approximate surface area is 95.9 Å². The van der Waals surface area contributed by atoms with Crippen LogP contribution < -0.4 is 10.5 Å². The predicted molar refractivity (Wildman–Crippen MR) is 63.0 cm³/mol. The van der Waals surface area contributed by atoms with Crippen LogP contribution in [0.5, 0.6) is 5.75 Å². The number of nitrogens with two attached hydrogens (primary N) is 1. The van der Waals surface area contributed by atoms with Crippen LogP contribution in [0, 0.1) is 6.92 Å². The molecule has 0 spiro atoms. The minimum Gasteiger partial charge on any atom is -0.495 e. The number of nitrogens with zero attached hydrogens (tertiary/aromatic N) is 1. The van der Waals surface area contributed by atoms with Gasteiger partial charge in [-0.15, -0.1) is 0 Å². The molecule has 1 aromatic carbocycles. The molecule has 0 saturated heterocycles. The average Bonchev–Trinajstić information content (AvgIpc) is 2.20. The van der Waals surface area contributed by atoms with Crippen LogP contribution >= 0.6 is 0 Å². The van der Waals surface area contributed by atoms with Gasteiger partial charge >= 0.3 is 0 Å². The van der Waals surface area contributed by atoms with Gasteiger partial charge in [-0.3, -0.25) is 0 Å². The van der Waals surface area contributed by atoms with Gasteiger partial charge in [-0.1, -0.05) is 0 Å². The van der Waals surface area contributed by atoms with Gasteiger partial charge in [-0.05, 0) is 24.6 Å². The highest BCUT2D eigenvalue weighted by molar-refractivity contribution is 7.89. The highest BCUT2D eigenvalue weighted by atomic mass is 32.2. The molecule has 0 heterocycles. The van der Waals surface area contributed by atoms with E-state index in [2.05, 4.69) is 0 Å². The molecule has 1 rings (SSSR count). The summed E-state index contributed by atoms with van der Waals surface area (Å²) < 4.78 is 30.0. The van der Waals surface area contributed by atoms with Crippen LogP contribution in [0.2, 0.25) is 0 Å². The summed E-state index contributed by atoms with van der Waals surface area (Å²) in [6.45, 7) is 1.71. The molecular weight excluding hydrogens is 228 g/mol. The van der Waals surface area contributed by atoms with E-state index in [0.29, 0.717) is 17.0 Å². The number of aryl methyl sites for hydroxylation is 1. The lowest BCUT2D eigenvalue weighted by atomic mass is 10.2. The Bertz CT molecular complexity index is 495. The van der Waals surface area contributed by atoms with E-state index in [1.54, 1.807) is 13.0 Å². The molecule has 6 heteroatoms. The normalized spacial score (nSPS) is 11.8. The predicted octanol–water partition coefficient (Wildman–Crippen LogP) is 0.836. The lowest BCUT2D eigenvalue weighted by Gasteiger charge is -2.15. The van der Waals surface area contributed by atoms with Crippen LogP contribution in [-0.4, -0.2) is 33.9 Å². The molecule has 0 aromatic heterocycles. The number of nitrogen functional groups attached to an aromatic ring is 1. The summed E-state index contributed by atoms with van der Waals surface area (Å²) in [4.78, 5) is 0.204. The van der Waals surface area contributed by atoms with E-state index >= 15 is 0 Å². The molecule has 2 N–H and O–H groups in total. The zero-order valence-corrected chi connectivity index (χ0v) is 10.6. The second kappa shape index (κ2) is 4.31. The highest BCUT2D eigenvalue weighted by Crippen LogP contribution is 2.29. The van der Waals surface area contributed by atoms with E-state index in [1.165, 1.54) is 27.3 Å². The SMILES string of the molecule is COc1cc(C)c(S(=O)(=O)N(C)C)cc1N. The zero-order valence-electron chi connectivity index (χ0n) is 9.81. The van der Waals surface area contributed by atoms with Crippen molar-refractivity contribution in [3.05, 3.63) is 17.7 Å². The van der Waals surface area contributed by atoms with Crippen LogP contribution in [-0.2, 0) is 10.0 Å². The largest absolute Gasteiger partial charge is 0.495 e. The number of benzene rings is 1. The van der Waals surface area contributed by atoms with Crippen LogP contribution in [0.15, 0.2) is 17.0 Å². The van der Waals surface area contributed by atoms with Crippen molar-refractivity contribution in [2.24, 2.45) is 0 Å². The number of sulfonamides is 1. The first-order chi connectivity index (χ1) is 7.30. The van der Waals surface area contributed by atoms with E-state index in [-0.39, 0.29) is 4.90 Å². The van der Waals surface area contributed by atoms with Gasteiger partial charge < -0.3 is 10.5 Å². The maximum Gasteiger partial charge on any atom is 0.242 e. The fraction of sp³-hybridized carbons (Fsp3) is 0.400. The Morgan fingerprint density at radius 1 is 1.31 bits per heavy atom. The Morgan fingerprint density at radius 3 is 2.31 bits per heavy atom. The Kier molecular flexibility index (Phi) is 3.44. The van der Waals surface area contributed by atoms with Crippen molar-refractivity contribution in [3.63, 3.8) is 0 Å². The summed E-state index contributed by atoms with van der Waals surface area (Å²) >= 11 is 0. The van der Waals surface area contributed by atoms with Gasteiger partial charge in [-0.2, -0.15) is 0 Å². The second-order valence-electron chi connectivity index (χ2n) is 3.65. The fourth-order valence-electron chi connectivity index (χ4n) is 1.33. The number of anilines is 1. The van der Waals surface area contributed by atoms with E-state index in [0.717, 1.165) is 4.31 Å². The van der Waals surface area contributed by atoms with Gasteiger partial charge in [0, 0.05) is 14.1 Å². The van der Waals surface area contributed by atoms with E-state index in [9.17, 15) is 8.42 Å². The summed E-state index contributed by atoms with van der Waals surface area (Å²) in [6.07, 6.45) is 0. The fourth-order valence-corrected chi connectivity index (χ4v) is 2.46. The van der Waals surface area contributed by atoms with Gasteiger partial charge in [0.25, 0.3) is 0 Å². The first-order valence-corrected chi connectivity index (χ1v) is 6.11. The summed E-state index contributed by atoms with van der Waals surface area (Å²) in [6, 6.07) is 3.04. The maximum atomic E-state index is 11.9. The van der Waals surface area contributed by atoms with Crippen molar-refractivity contribution in [2.75, 3.05) is 26.9 Å². The summed E-state index contributed by atoms with van der Waals surface area (Å²) in [5, 5.41) is 0. The van der Waals surface area contributed by atoms with Crippen molar-refractivity contribution in [3.8, 4) is 5.75 Å². The molecule has 0 aliphatic heterocycles. The summed E-state index contributed by atoms with van der Waals surface area (Å²) in [7, 11) is 0.997. The van der Waals surface area contributed by atoms with Gasteiger partial charge in [0.2, 0.25) is 10.0 Å². The van der Waals surface area contributed by atoms with Crippen molar-refractivity contribution in [1.29, 1.82) is 0 Å². The standard InChI is InChI=1S/C10H16N2O3S/c1-7-5-9(15-4)8(11)6-10(7)16(13,14)12(2)3/h5-6H,11H2,1-4H3. The smallest absolute Gasteiger partial charge is 0.242 e. The third kappa shape index (κ3) is 2.12. The molecule has 0 fully saturated rings. The number of rotatable bonds is 3. The second-order valence-corrected chi connectivity index (χ2v) is 5.77. The number of ether oxygens (including phenoxy) is 1. The van der Waals surface area contributed by atoms with Crippen molar-refractivity contribution in [2.45, 2.75) is 11.8 Å². The van der Waals surface area contributed by atoms with Crippen molar-refractivity contribution in [1.82, 2.24) is 4.31 Å². The molecule has 90 valence electrons. The lowest BCUT2D eigenvalue weighted by molar-refractivity contribution is 0.416. The van der Waals surface area contributed by atoms with Crippen molar-refractivity contribution < 1.29 is 13.2 Å². The molecule has 0 aliphatic rings. The van der Waals surface area contributed by atoms with E-state index in [1.807, 2.05) is 0 Å². The molecule has 0 unspecified atom stereocenters. The monoisotopic (exact) mass is 244 g/mol. The van der Waals surface area contributed by atoms with E-state index < -0.39 is 10.0 Å². The molecule has 0 saturated carbocycles. The number of hydrogen-bond acceptors (Lipinski definition) is 4. The Morgan fingerprint density at radius 2 is 1.88 bits per heavy atom. The van der Waals surface area contributed by atoms with Crippen molar-refractivity contribution >= 4 is 15.7 Å². The molecule has 1 aromatic rings. The molecule has 0 aliphatic carbocycles. The third-order valence-electron chi connectivity index (χ3n) is 2.29. The first kappa shape index (κ1) is 12.8. The Hall–Kier alpha value is -1.27. The molecule has 16 heavy (non-hydrogen) atoms. The average molecular weight is 244 g/mol. The van der Waals surface area contributed by atoms with E-state index in [4.69, 9.17) is 10.5 Å². The molecule has 0 amide bonds. The minimum absolute atomic E-state index is 0.204. The molecule has 5 nitrogen and oxygen atoms in total. The third-order valence-corrected chi connectivity index (χ3v) is 4.24. The summed E-state index contributed by atoms with van der Waals surface area (Å²) in [5.41, 5.74) is 6.61. The summed E-state index contributed by atoms with van der Waals surface area (Å²) in [5.74, 6) is 0.482. The molecular formula is C10H16N2O3S. The Balaban J connectivity index is 3.44. The highest BCUT2D eigenvalue weighted by Gasteiger charge is 2.21. The topological polar surface area (TPSA) is 72.6 Å². The van der Waals surface area contributed by atoms with Gasteiger partial charge in [-0.25, -0.2) is 12.7 Å². The van der Waals surface area contributed by atoms with Gasteiger partial charge in [0.05, 0.1) is 17.7 Å². The van der Waals surface area contributed by atoms with Crippen LogP contribution in [0.25, 0.3) is 0 Å². The molecule has 0 atom stereocenters. The van der Waals surface area contributed by atoms with Crippen LogP contribution in [0.3, 0.4) is 0 Å².